The van der Waals surface area contributed by atoms with Gasteiger partial charge in [-0.2, -0.15) is 0 Å². The van der Waals surface area contributed by atoms with Gasteiger partial charge in [0, 0.05) is 17.4 Å². The predicted octanol–water partition coefficient (Wildman–Crippen LogP) is 2.64. The van der Waals surface area contributed by atoms with Crippen LogP contribution in [0.4, 0.5) is 0 Å². The zero-order valence-electron chi connectivity index (χ0n) is 17.6. The van der Waals surface area contributed by atoms with Gasteiger partial charge < -0.3 is 29.9 Å². The van der Waals surface area contributed by atoms with E-state index in [2.05, 4.69) is 5.32 Å². The van der Waals surface area contributed by atoms with E-state index < -0.39 is 14.1 Å². The van der Waals surface area contributed by atoms with Crippen LogP contribution < -0.4 is 20.1 Å². The first-order valence-electron chi connectivity index (χ1n) is 10.3. The lowest BCUT2D eigenvalue weighted by molar-refractivity contribution is 0.106. The SMILES string of the molecule is O=[P@@H](O)c1ccc(CCNCC(O)COc2ccc(O)cc2)cc1COc1ccccc1. The molecule has 32 heavy (non-hydrogen) atoms. The summed E-state index contributed by atoms with van der Waals surface area (Å²) in [5.74, 6) is 1.44. The fourth-order valence-electron chi connectivity index (χ4n) is 3.10. The van der Waals surface area contributed by atoms with Crippen LogP contribution in [0, 0.1) is 0 Å². The highest BCUT2D eigenvalue weighted by molar-refractivity contribution is 7.47. The highest BCUT2D eigenvalue weighted by Gasteiger charge is 2.10. The second-order valence-corrected chi connectivity index (χ2v) is 8.46. The number of aliphatic hydroxyl groups is 1. The van der Waals surface area contributed by atoms with E-state index in [1.54, 1.807) is 18.2 Å². The van der Waals surface area contributed by atoms with Crippen LogP contribution in [0.2, 0.25) is 0 Å². The lowest BCUT2D eigenvalue weighted by Crippen LogP contribution is -2.32. The van der Waals surface area contributed by atoms with Crippen LogP contribution in [0.25, 0.3) is 0 Å². The third kappa shape index (κ3) is 7.70. The second kappa shape index (κ2) is 12.3. The van der Waals surface area contributed by atoms with Crippen LogP contribution in [0.3, 0.4) is 0 Å². The molecule has 0 bridgehead atoms. The number of phenolic OH excluding ortho intramolecular Hbond substituents is 1. The van der Waals surface area contributed by atoms with Gasteiger partial charge >= 0.3 is 0 Å². The first-order chi connectivity index (χ1) is 15.5. The molecule has 0 spiro atoms. The molecule has 0 aliphatic carbocycles. The summed E-state index contributed by atoms with van der Waals surface area (Å²) >= 11 is 0. The average Bonchev–Trinajstić information content (AvgIpc) is 2.80. The molecule has 0 fully saturated rings. The highest BCUT2D eigenvalue weighted by Crippen LogP contribution is 2.20. The number of phenols is 1. The van der Waals surface area contributed by atoms with Crippen molar-refractivity contribution in [2.75, 3.05) is 19.7 Å². The molecular formula is C24H28NO6P. The van der Waals surface area contributed by atoms with Gasteiger partial charge in [-0.1, -0.05) is 30.3 Å². The quantitative estimate of drug-likeness (QED) is 0.245. The Bertz CT molecular complexity index is 997. The third-order valence-corrected chi connectivity index (χ3v) is 5.74. The summed E-state index contributed by atoms with van der Waals surface area (Å²) in [5.41, 5.74) is 1.70. The van der Waals surface area contributed by atoms with Gasteiger partial charge in [-0.25, -0.2) is 0 Å². The van der Waals surface area contributed by atoms with E-state index in [4.69, 9.17) is 9.47 Å². The molecule has 0 radical (unpaired) electrons. The molecule has 0 aromatic heterocycles. The van der Waals surface area contributed by atoms with Gasteiger partial charge in [0.2, 0.25) is 8.03 Å². The van der Waals surface area contributed by atoms with Crippen molar-refractivity contribution in [3.8, 4) is 17.2 Å². The number of rotatable bonds is 12. The topological polar surface area (TPSA) is 108 Å². The molecule has 170 valence electrons. The number of nitrogens with one attached hydrogen (secondary N) is 1. The van der Waals surface area contributed by atoms with E-state index in [1.807, 2.05) is 42.5 Å². The highest BCUT2D eigenvalue weighted by atomic mass is 31.1. The van der Waals surface area contributed by atoms with Crippen molar-refractivity contribution >= 4 is 13.3 Å². The smallest absolute Gasteiger partial charge is 0.218 e. The van der Waals surface area contributed by atoms with Crippen LogP contribution in [0.1, 0.15) is 11.1 Å². The third-order valence-electron chi connectivity index (χ3n) is 4.79. The van der Waals surface area contributed by atoms with Crippen LogP contribution in [-0.4, -0.2) is 40.9 Å². The molecule has 0 aliphatic heterocycles. The Labute approximate surface area is 188 Å². The summed E-state index contributed by atoms with van der Waals surface area (Å²) in [5, 5.41) is 22.9. The minimum absolute atomic E-state index is 0.137. The molecule has 3 rings (SSSR count). The summed E-state index contributed by atoms with van der Waals surface area (Å²) < 4.78 is 23.0. The Kier molecular flexibility index (Phi) is 9.13. The van der Waals surface area contributed by atoms with Crippen LogP contribution in [-0.2, 0) is 17.6 Å². The van der Waals surface area contributed by atoms with E-state index in [0.717, 1.165) is 5.56 Å². The summed E-state index contributed by atoms with van der Waals surface area (Å²) in [6.07, 6.45) is 0.0114. The number of ether oxygens (including phenoxy) is 2. The largest absolute Gasteiger partial charge is 0.508 e. The fourth-order valence-corrected chi connectivity index (χ4v) is 3.75. The number of para-hydroxylation sites is 1. The van der Waals surface area contributed by atoms with Crippen LogP contribution in [0.15, 0.2) is 72.8 Å². The lowest BCUT2D eigenvalue weighted by Gasteiger charge is -2.14. The Morgan fingerprint density at radius 1 is 0.938 bits per heavy atom. The Hall–Kier alpha value is -2.83. The zero-order valence-corrected chi connectivity index (χ0v) is 18.6. The minimum atomic E-state index is -2.84. The van der Waals surface area contributed by atoms with E-state index in [0.29, 0.717) is 41.9 Å². The average molecular weight is 457 g/mol. The first-order valence-corrected chi connectivity index (χ1v) is 11.7. The summed E-state index contributed by atoms with van der Waals surface area (Å²) in [6.45, 7) is 1.34. The van der Waals surface area contributed by atoms with Crippen molar-refractivity contribution in [2.24, 2.45) is 0 Å². The number of aromatic hydroxyl groups is 1. The van der Waals surface area contributed by atoms with E-state index >= 15 is 0 Å². The van der Waals surface area contributed by atoms with Gasteiger partial charge in [0.05, 0.1) is 0 Å². The molecule has 1 unspecified atom stereocenters. The maximum Gasteiger partial charge on any atom is 0.218 e. The first kappa shape index (κ1) is 23.8. The number of hydrogen-bond donors (Lipinski definition) is 4. The molecule has 3 aromatic carbocycles. The molecule has 8 heteroatoms. The molecule has 2 atom stereocenters. The second-order valence-electron chi connectivity index (χ2n) is 7.31. The van der Waals surface area contributed by atoms with Crippen molar-refractivity contribution < 1.29 is 29.1 Å². The van der Waals surface area contributed by atoms with Crippen molar-refractivity contribution in [1.82, 2.24) is 5.32 Å². The predicted molar refractivity (Wildman–Crippen MR) is 124 cm³/mol. The van der Waals surface area contributed by atoms with Crippen molar-refractivity contribution in [1.29, 1.82) is 0 Å². The molecule has 0 amide bonds. The molecule has 3 aromatic rings. The van der Waals surface area contributed by atoms with Crippen molar-refractivity contribution in [3.05, 3.63) is 83.9 Å². The van der Waals surface area contributed by atoms with Gasteiger partial charge in [0.25, 0.3) is 0 Å². The molecule has 0 saturated carbocycles. The van der Waals surface area contributed by atoms with E-state index in [9.17, 15) is 19.7 Å². The number of hydrogen-bond acceptors (Lipinski definition) is 6. The minimum Gasteiger partial charge on any atom is -0.508 e. The van der Waals surface area contributed by atoms with Gasteiger partial charge in [0.1, 0.15) is 36.6 Å². The summed E-state index contributed by atoms with van der Waals surface area (Å²) in [4.78, 5) is 9.64. The lowest BCUT2D eigenvalue weighted by atomic mass is 10.1. The number of benzene rings is 3. The monoisotopic (exact) mass is 457 g/mol. The van der Waals surface area contributed by atoms with E-state index in [1.165, 1.54) is 12.1 Å². The summed E-state index contributed by atoms with van der Waals surface area (Å²) in [7, 11) is -2.84. The van der Waals surface area contributed by atoms with Gasteiger partial charge in [-0.15, -0.1) is 0 Å². The molecule has 0 saturated heterocycles. The molecule has 7 nitrogen and oxygen atoms in total. The van der Waals surface area contributed by atoms with Gasteiger partial charge in [-0.3, -0.25) is 4.57 Å². The maximum atomic E-state index is 11.7. The van der Waals surface area contributed by atoms with Gasteiger partial charge in [0.15, 0.2) is 0 Å². The van der Waals surface area contributed by atoms with Crippen LogP contribution in [0.5, 0.6) is 17.2 Å². The van der Waals surface area contributed by atoms with Crippen molar-refractivity contribution in [3.63, 3.8) is 0 Å². The normalized spacial score (nSPS) is 12.8. The Morgan fingerprint density at radius 3 is 2.38 bits per heavy atom. The maximum absolute atomic E-state index is 11.7. The Balaban J connectivity index is 1.45. The fraction of sp³-hybridized carbons (Fsp3) is 0.250. The Morgan fingerprint density at radius 2 is 1.66 bits per heavy atom. The standard InChI is InChI=1S/C24H28NO6P/c26-20-7-9-23(10-8-20)31-17-21(27)15-25-13-12-18-6-11-24(32(28)29)19(14-18)16-30-22-4-2-1-3-5-22/h1-11,14,21,25-27,32H,12-13,15-17H2,(H,28,29). The molecular weight excluding hydrogens is 429 g/mol. The molecule has 0 aliphatic rings. The summed E-state index contributed by atoms with van der Waals surface area (Å²) in [6, 6.07) is 21.1. The van der Waals surface area contributed by atoms with Crippen LogP contribution >= 0.6 is 8.03 Å². The zero-order chi connectivity index (χ0) is 22.8. The van der Waals surface area contributed by atoms with E-state index in [-0.39, 0.29) is 19.0 Å². The molecule has 4 N–H and O–H groups in total. The number of aliphatic hydroxyl groups excluding tert-OH is 1. The van der Waals surface area contributed by atoms with Crippen molar-refractivity contribution in [2.45, 2.75) is 19.1 Å². The van der Waals surface area contributed by atoms with Gasteiger partial charge in [-0.05, 0) is 61.0 Å². The molecule has 0 heterocycles.